The number of rotatable bonds is 6. The SMILES string of the molecule is CC(C)(CN=C(N)NCCc1ccccc1)N1CCCCC1. The molecule has 1 aliphatic rings. The maximum Gasteiger partial charge on any atom is 0.188 e. The van der Waals surface area contributed by atoms with Crippen LogP contribution in [0.2, 0.25) is 0 Å². The fourth-order valence-corrected chi connectivity index (χ4v) is 2.91. The van der Waals surface area contributed by atoms with Crippen molar-refractivity contribution in [1.29, 1.82) is 0 Å². The van der Waals surface area contributed by atoms with Crippen molar-refractivity contribution >= 4 is 5.96 Å². The number of guanidine groups is 1. The Bertz CT molecular complexity index is 461. The molecule has 1 heterocycles. The summed E-state index contributed by atoms with van der Waals surface area (Å²) in [5.41, 5.74) is 7.40. The highest BCUT2D eigenvalue weighted by Gasteiger charge is 2.27. The molecule has 4 heteroatoms. The van der Waals surface area contributed by atoms with Crippen LogP contribution in [0.15, 0.2) is 35.3 Å². The van der Waals surface area contributed by atoms with Gasteiger partial charge in [0.25, 0.3) is 0 Å². The maximum atomic E-state index is 5.99. The van der Waals surface area contributed by atoms with Crippen LogP contribution in [0.4, 0.5) is 0 Å². The van der Waals surface area contributed by atoms with Gasteiger partial charge in [-0.2, -0.15) is 0 Å². The van der Waals surface area contributed by atoms with Gasteiger partial charge in [-0.1, -0.05) is 36.8 Å². The van der Waals surface area contributed by atoms with Gasteiger partial charge in [0.05, 0.1) is 6.54 Å². The first-order valence-electron chi connectivity index (χ1n) is 8.41. The molecule has 1 fully saturated rings. The first-order valence-corrected chi connectivity index (χ1v) is 8.41. The highest BCUT2D eigenvalue weighted by molar-refractivity contribution is 5.77. The third kappa shape index (κ3) is 5.34. The molecule has 0 amide bonds. The lowest BCUT2D eigenvalue weighted by atomic mass is 9.99. The smallest absolute Gasteiger partial charge is 0.188 e. The van der Waals surface area contributed by atoms with E-state index in [1.165, 1.54) is 37.9 Å². The fourth-order valence-electron chi connectivity index (χ4n) is 2.91. The lowest BCUT2D eigenvalue weighted by molar-refractivity contribution is 0.102. The Morgan fingerprint density at radius 1 is 1.18 bits per heavy atom. The molecule has 1 aromatic rings. The molecule has 1 aliphatic heterocycles. The number of piperidine rings is 1. The molecule has 2 rings (SSSR count). The summed E-state index contributed by atoms with van der Waals surface area (Å²) in [6.07, 6.45) is 4.93. The summed E-state index contributed by atoms with van der Waals surface area (Å²) in [4.78, 5) is 7.08. The van der Waals surface area contributed by atoms with E-state index < -0.39 is 0 Å². The molecule has 0 aromatic heterocycles. The van der Waals surface area contributed by atoms with Crippen molar-refractivity contribution in [3.05, 3.63) is 35.9 Å². The highest BCUT2D eigenvalue weighted by Crippen LogP contribution is 2.20. The summed E-state index contributed by atoms with van der Waals surface area (Å²) >= 11 is 0. The summed E-state index contributed by atoms with van der Waals surface area (Å²) in [7, 11) is 0. The number of nitrogens with two attached hydrogens (primary N) is 1. The second-order valence-electron chi connectivity index (χ2n) is 6.72. The predicted molar refractivity (Wildman–Crippen MR) is 94.1 cm³/mol. The minimum Gasteiger partial charge on any atom is -0.370 e. The molecule has 0 atom stereocenters. The van der Waals surface area contributed by atoms with Crippen LogP contribution < -0.4 is 11.1 Å². The molecule has 3 N–H and O–H groups in total. The Morgan fingerprint density at radius 3 is 2.55 bits per heavy atom. The molecule has 22 heavy (non-hydrogen) atoms. The first kappa shape index (κ1) is 16.8. The van der Waals surface area contributed by atoms with Crippen LogP contribution in [0.3, 0.4) is 0 Å². The van der Waals surface area contributed by atoms with E-state index in [2.05, 4.69) is 53.3 Å². The quantitative estimate of drug-likeness (QED) is 0.627. The summed E-state index contributed by atoms with van der Waals surface area (Å²) in [5, 5.41) is 3.22. The van der Waals surface area contributed by atoms with Crippen molar-refractivity contribution < 1.29 is 0 Å². The van der Waals surface area contributed by atoms with Gasteiger partial charge in [-0.15, -0.1) is 0 Å². The van der Waals surface area contributed by atoms with Crippen LogP contribution in [-0.4, -0.2) is 42.6 Å². The van der Waals surface area contributed by atoms with Crippen molar-refractivity contribution in [3.8, 4) is 0 Å². The van der Waals surface area contributed by atoms with Gasteiger partial charge in [-0.3, -0.25) is 9.89 Å². The predicted octanol–water partition coefficient (Wildman–Crippen LogP) is 2.40. The average Bonchev–Trinajstić information content (AvgIpc) is 2.55. The van der Waals surface area contributed by atoms with Crippen LogP contribution in [0.5, 0.6) is 0 Å². The summed E-state index contributed by atoms with van der Waals surface area (Å²) in [6, 6.07) is 10.4. The zero-order chi connectivity index (χ0) is 15.8. The van der Waals surface area contributed by atoms with Gasteiger partial charge in [0.2, 0.25) is 0 Å². The molecule has 0 spiro atoms. The van der Waals surface area contributed by atoms with Crippen molar-refractivity contribution in [1.82, 2.24) is 10.2 Å². The average molecular weight is 302 g/mol. The fraction of sp³-hybridized carbons (Fsp3) is 0.611. The first-order chi connectivity index (χ1) is 10.6. The molecule has 0 aliphatic carbocycles. The normalized spacial score (nSPS) is 17.5. The van der Waals surface area contributed by atoms with Gasteiger partial charge in [-0.05, 0) is 51.8 Å². The van der Waals surface area contributed by atoms with Crippen LogP contribution in [0, 0.1) is 0 Å². The largest absolute Gasteiger partial charge is 0.370 e. The number of nitrogens with zero attached hydrogens (tertiary/aromatic N) is 2. The third-order valence-corrected chi connectivity index (χ3v) is 4.41. The van der Waals surface area contributed by atoms with Crippen LogP contribution in [0.1, 0.15) is 38.7 Å². The summed E-state index contributed by atoms with van der Waals surface area (Å²) in [6.45, 7) is 8.46. The van der Waals surface area contributed by atoms with Gasteiger partial charge in [0, 0.05) is 12.1 Å². The maximum absolute atomic E-state index is 5.99. The highest BCUT2D eigenvalue weighted by atomic mass is 15.2. The minimum absolute atomic E-state index is 0.0894. The Balaban J connectivity index is 1.74. The minimum atomic E-state index is 0.0894. The van der Waals surface area contributed by atoms with E-state index in [1.807, 2.05) is 6.07 Å². The lowest BCUT2D eigenvalue weighted by Gasteiger charge is -2.40. The van der Waals surface area contributed by atoms with Gasteiger partial charge < -0.3 is 11.1 Å². The molecule has 0 saturated carbocycles. The zero-order valence-electron chi connectivity index (χ0n) is 14.0. The molecule has 1 saturated heterocycles. The number of hydrogen-bond acceptors (Lipinski definition) is 2. The van der Waals surface area contributed by atoms with Gasteiger partial charge in [0.15, 0.2) is 5.96 Å². The molecular weight excluding hydrogens is 272 g/mol. The topological polar surface area (TPSA) is 53.6 Å². The van der Waals surface area contributed by atoms with Crippen LogP contribution >= 0.6 is 0 Å². The number of hydrogen-bond donors (Lipinski definition) is 2. The second kappa shape index (κ2) is 8.18. The van der Waals surface area contributed by atoms with E-state index >= 15 is 0 Å². The van der Waals surface area contributed by atoms with E-state index in [0.29, 0.717) is 5.96 Å². The molecule has 0 bridgehead atoms. The van der Waals surface area contributed by atoms with Gasteiger partial charge >= 0.3 is 0 Å². The lowest BCUT2D eigenvalue weighted by Crippen LogP contribution is -2.49. The van der Waals surface area contributed by atoms with Crippen molar-refractivity contribution in [2.45, 2.75) is 45.1 Å². The summed E-state index contributed by atoms with van der Waals surface area (Å²) in [5.74, 6) is 0.556. The van der Waals surface area contributed by atoms with Crippen molar-refractivity contribution in [2.24, 2.45) is 10.7 Å². The van der Waals surface area contributed by atoms with E-state index in [4.69, 9.17) is 5.73 Å². The van der Waals surface area contributed by atoms with Crippen LogP contribution in [-0.2, 0) is 6.42 Å². The zero-order valence-corrected chi connectivity index (χ0v) is 14.0. The Morgan fingerprint density at radius 2 is 1.86 bits per heavy atom. The standard InChI is InChI=1S/C18H30N4/c1-18(2,22-13-7-4-8-14-22)15-21-17(19)20-12-11-16-9-5-3-6-10-16/h3,5-6,9-10H,4,7-8,11-15H2,1-2H3,(H3,19,20,21). The Kier molecular flexibility index (Phi) is 6.25. The summed E-state index contributed by atoms with van der Waals surface area (Å²) < 4.78 is 0. The number of benzene rings is 1. The molecule has 1 aromatic carbocycles. The molecule has 0 unspecified atom stereocenters. The second-order valence-corrected chi connectivity index (χ2v) is 6.72. The number of likely N-dealkylation sites (tertiary alicyclic amines) is 1. The van der Waals surface area contributed by atoms with Crippen LogP contribution in [0.25, 0.3) is 0 Å². The van der Waals surface area contributed by atoms with Gasteiger partial charge in [-0.25, -0.2) is 0 Å². The molecule has 4 nitrogen and oxygen atoms in total. The third-order valence-electron chi connectivity index (χ3n) is 4.41. The van der Waals surface area contributed by atoms with Gasteiger partial charge in [0.1, 0.15) is 0 Å². The molecular formula is C18H30N4. The molecule has 122 valence electrons. The van der Waals surface area contributed by atoms with E-state index in [-0.39, 0.29) is 5.54 Å². The van der Waals surface area contributed by atoms with Crippen molar-refractivity contribution in [3.63, 3.8) is 0 Å². The molecule has 0 radical (unpaired) electrons. The Hall–Kier alpha value is -1.55. The Labute approximate surface area is 134 Å². The van der Waals surface area contributed by atoms with E-state index in [1.54, 1.807) is 0 Å². The number of nitrogens with one attached hydrogen (secondary N) is 1. The van der Waals surface area contributed by atoms with E-state index in [9.17, 15) is 0 Å². The monoisotopic (exact) mass is 302 g/mol. The number of aliphatic imine (C=N–C) groups is 1. The van der Waals surface area contributed by atoms with Crippen molar-refractivity contribution in [2.75, 3.05) is 26.2 Å². The van der Waals surface area contributed by atoms with E-state index in [0.717, 1.165) is 19.5 Å².